The van der Waals surface area contributed by atoms with Crippen LogP contribution in [0.15, 0.2) is 66.0 Å². The second-order valence-corrected chi connectivity index (χ2v) is 9.11. The van der Waals surface area contributed by atoms with Gasteiger partial charge in [-0.15, -0.1) is 0 Å². The fraction of sp³-hybridized carbons (Fsp3) is 0.286. The Labute approximate surface area is 175 Å². The van der Waals surface area contributed by atoms with Gasteiger partial charge >= 0.3 is 0 Å². The van der Waals surface area contributed by atoms with Crippen molar-refractivity contribution in [3.8, 4) is 11.3 Å². The quantitative estimate of drug-likeness (QED) is 0.675. The minimum absolute atomic E-state index is 0.0130. The molecule has 4 rings (SSSR count). The number of pyridine rings is 1. The Morgan fingerprint density at radius 1 is 1.03 bits per heavy atom. The lowest BCUT2D eigenvalue weighted by atomic mass is 9.99. The fourth-order valence-electron chi connectivity index (χ4n) is 3.64. The molecule has 0 unspecified atom stereocenters. The number of rotatable bonds is 5. The molecule has 8 nitrogen and oxygen atoms in total. The zero-order valence-corrected chi connectivity index (χ0v) is 17.4. The first-order chi connectivity index (χ1) is 14.5. The van der Waals surface area contributed by atoms with E-state index in [-0.39, 0.29) is 29.8 Å². The molecule has 1 aliphatic heterocycles. The first kappa shape index (κ1) is 20.2. The normalized spacial score (nSPS) is 16.4. The largest absolute Gasteiger partial charge is 0.340 e. The highest BCUT2D eigenvalue weighted by molar-refractivity contribution is 7.89. The molecule has 1 atom stereocenters. The molecule has 1 saturated heterocycles. The number of aromatic nitrogens is 3. The molecule has 1 aliphatic rings. The van der Waals surface area contributed by atoms with Crippen LogP contribution in [0, 0.1) is 0 Å². The van der Waals surface area contributed by atoms with Gasteiger partial charge in [-0.05, 0) is 24.6 Å². The standard InChI is InChI=1S/C21H23N5O3S/c1-16(17-5-3-2-4-6-17)21(27)25-11-13-26(14-12-25)30(28,29)19-15-23-24-20(19)18-7-9-22-10-8-18/h2-10,15-16H,11-14H2,1H3,(H,23,24)/t16-/m1/s1. The van der Waals surface area contributed by atoms with E-state index in [1.165, 1.54) is 10.5 Å². The lowest BCUT2D eigenvalue weighted by Crippen LogP contribution is -2.51. The second-order valence-electron chi connectivity index (χ2n) is 7.21. The molecule has 30 heavy (non-hydrogen) atoms. The molecular weight excluding hydrogens is 402 g/mol. The second kappa shape index (κ2) is 8.37. The average Bonchev–Trinajstić information content (AvgIpc) is 3.30. The number of nitrogens with one attached hydrogen (secondary N) is 1. The Kier molecular flexibility index (Phi) is 5.65. The molecule has 0 radical (unpaired) electrons. The first-order valence-corrected chi connectivity index (χ1v) is 11.2. The van der Waals surface area contributed by atoms with Crippen molar-refractivity contribution < 1.29 is 13.2 Å². The van der Waals surface area contributed by atoms with E-state index in [4.69, 9.17) is 0 Å². The van der Waals surface area contributed by atoms with E-state index in [1.807, 2.05) is 37.3 Å². The Bertz CT molecular complexity index is 1110. The number of hydrogen-bond donors (Lipinski definition) is 1. The molecule has 2 aromatic heterocycles. The number of H-pyrrole nitrogens is 1. The van der Waals surface area contributed by atoms with Crippen molar-refractivity contribution >= 4 is 15.9 Å². The van der Waals surface area contributed by atoms with Crippen LogP contribution in [0.3, 0.4) is 0 Å². The summed E-state index contributed by atoms with van der Waals surface area (Å²) < 4.78 is 27.9. The lowest BCUT2D eigenvalue weighted by Gasteiger charge is -2.35. The van der Waals surface area contributed by atoms with Crippen molar-refractivity contribution in [3.05, 3.63) is 66.6 Å². The zero-order valence-electron chi connectivity index (χ0n) is 16.6. The van der Waals surface area contributed by atoms with Gasteiger partial charge in [0.05, 0.1) is 17.8 Å². The zero-order chi connectivity index (χ0) is 21.1. The Morgan fingerprint density at radius 3 is 2.37 bits per heavy atom. The van der Waals surface area contributed by atoms with Crippen LogP contribution in [0.2, 0.25) is 0 Å². The van der Waals surface area contributed by atoms with Crippen LogP contribution < -0.4 is 0 Å². The van der Waals surface area contributed by atoms with Crippen LogP contribution in [0.5, 0.6) is 0 Å². The number of benzene rings is 1. The van der Waals surface area contributed by atoms with Gasteiger partial charge in [0, 0.05) is 44.1 Å². The molecule has 3 heterocycles. The third-order valence-corrected chi connectivity index (χ3v) is 7.32. The van der Waals surface area contributed by atoms with E-state index < -0.39 is 10.0 Å². The number of carbonyl (C=O) groups excluding carboxylic acids is 1. The molecule has 0 spiro atoms. The number of hydrogen-bond acceptors (Lipinski definition) is 5. The van der Waals surface area contributed by atoms with Crippen LogP contribution >= 0.6 is 0 Å². The van der Waals surface area contributed by atoms with Crippen molar-refractivity contribution in [1.29, 1.82) is 0 Å². The van der Waals surface area contributed by atoms with Gasteiger partial charge in [-0.2, -0.15) is 9.40 Å². The van der Waals surface area contributed by atoms with E-state index in [1.54, 1.807) is 29.4 Å². The summed E-state index contributed by atoms with van der Waals surface area (Å²) in [5.41, 5.74) is 2.10. The number of amides is 1. The van der Waals surface area contributed by atoms with Crippen LogP contribution in [0.4, 0.5) is 0 Å². The highest BCUT2D eigenvalue weighted by Gasteiger charge is 2.34. The average molecular weight is 426 g/mol. The summed E-state index contributed by atoms with van der Waals surface area (Å²) in [5, 5.41) is 6.72. The summed E-state index contributed by atoms with van der Waals surface area (Å²) in [6.07, 6.45) is 4.54. The van der Waals surface area contributed by atoms with E-state index in [9.17, 15) is 13.2 Å². The summed E-state index contributed by atoms with van der Waals surface area (Å²) in [6, 6.07) is 13.1. The minimum Gasteiger partial charge on any atom is -0.340 e. The number of carbonyl (C=O) groups is 1. The summed E-state index contributed by atoms with van der Waals surface area (Å²) in [4.78, 5) is 18.7. The molecule has 1 fully saturated rings. The number of nitrogens with zero attached hydrogens (tertiary/aromatic N) is 4. The molecule has 156 valence electrons. The van der Waals surface area contributed by atoms with E-state index in [0.717, 1.165) is 5.56 Å². The first-order valence-electron chi connectivity index (χ1n) is 9.76. The predicted molar refractivity (Wildman–Crippen MR) is 112 cm³/mol. The maximum atomic E-state index is 13.2. The molecule has 1 aromatic carbocycles. The predicted octanol–water partition coefficient (Wildman–Crippen LogP) is 2.11. The lowest BCUT2D eigenvalue weighted by molar-refractivity contribution is -0.133. The Morgan fingerprint density at radius 2 is 1.70 bits per heavy atom. The third kappa shape index (κ3) is 3.86. The smallest absolute Gasteiger partial charge is 0.246 e. The SMILES string of the molecule is C[C@@H](C(=O)N1CCN(S(=O)(=O)c2cn[nH]c2-c2ccncc2)CC1)c1ccccc1. The van der Waals surface area contributed by atoms with Gasteiger partial charge in [0.2, 0.25) is 15.9 Å². The molecule has 9 heteroatoms. The van der Waals surface area contributed by atoms with Crippen LogP contribution in [0.1, 0.15) is 18.4 Å². The maximum absolute atomic E-state index is 13.2. The van der Waals surface area contributed by atoms with Gasteiger partial charge < -0.3 is 4.90 Å². The molecule has 3 aromatic rings. The monoisotopic (exact) mass is 425 g/mol. The number of piperazine rings is 1. The van der Waals surface area contributed by atoms with E-state index >= 15 is 0 Å². The molecular formula is C21H23N5O3S. The van der Waals surface area contributed by atoms with Crippen LogP contribution in [-0.4, -0.2) is 64.9 Å². The summed E-state index contributed by atoms with van der Waals surface area (Å²) in [7, 11) is -3.74. The highest BCUT2D eigenvalue weighted by Crippen LogP contribution is 2.28. The van der Waals surface area contributed by atoms with Gasteiger partial charge in [0.1, 0.15) is 4.90 Å². The molecule has 0 aliphatic carbocycles. The Balaban J connectivity index is 1.47. The summed E-state index contributed by atoms with van der Waals surface area (Å²) >= 11 is 0. The summed E-state index contributed by atoms with van der Waals surface area (Å²) in [5.74, 6) is -0.249. The summed E-state index contributed by atoms with van der Waals surface area (Å²) in [6.45, 7) is 3.09. The molecule has 0 bridgehead atoms. The molecule has 0 saturated carbocycles. The number of sulfonamides is 1. The maximum Gasteiger partial charge on any atom is 0.246 e. The van der Waals surface area contributed by atoms with E-state index in [0.29, 0.717) is 24.3 Å². The van der Waals surface area contributed by atoms with Crippen molar-refractivity contribution in [2.75, 3.05) is 26.2 Å². The van der Waals surface area contributed by atoms with Gasteiger partial charge in [0.15, 0.2) is 0 Å². The minimum atomic E-state index is -3.74. The third-order valence-electron chi connectivity index (χ3n) is 5.41. The Hall–Kier alpha value is -3.04. The van der Waals surface area contributed by atoms with Crippen molar-refractivity contribution in [1.82, 2.24) is 24.4 Å². The van der Waals surface area contributed by atoms with E-state index in [2.05, 4.69) is 15.2 Å². The topological polar surface area (TPSA) is 99.3 Å². The van der Waals surface area contributed by atoms with Crippen LogP contribution in [-0.2, 0) is 14.8 Å². The van der Waals surface area contributed by atoms with Gasteiger partial charge in [-0.3, -0.25) is 14.9 Å². The van der Waals surface area contributed by atoms with Crippen molar-refractivity contribution in [3.63, 3.8) is 0 Å². The van der Waals surface area contributed by atoms with Gasteiger partial charge in [-0.25, -0.2) is 8.42 Å². The van der Waals surface area contributed by atoms with Gasteiger partial charge in [-0.1, -0.05) is 30.3 Å². The van der Waals surface area contributed by atoms with Crippen molar-refractivity contribution in [2.45, 2.75) is 17.7 Å². The van der Waals surface area contributed by atoms with Crippen LogP contribution in [0.25, 0.3) is 11.3 Å². The van der Waals surface area contributed by atoms with Gasteiger partial charge in [0.25, 0.3) is 0 Å². The molecule has 1 N–H and O–H groups in total. The number of aromatic amines is 1. The highest BCUT2D eigenvalue weighted by atomic mass is 32.2. The fourth-order valence-corrected chi connectivity index (χ4v) is 5.17. The molecule has 1 amide bonds. The van der Waals surface area contributed by atoms with Crippen molar-refractivity contribution in [2.24, 2.45) is 0 Å².